The van der Waals surface area contributed by atoms with Crippen LogP contribution in [0.5, 0.6) is 0 Å². The molecule has 1 saturated carbocycles. The van der Waals surface area contributed by atoms with Crippen LogP contribution in [0.15, 0.2) is 36.8 Å². The maximum Gasteiger partial charge on any atom is 0.223 e. The summed E-state index contributed by atoms with van der Waals surface area (Å²) in [6, 6.07) is 6.85. The summed E-state index contributed by atoms with van der Waals surface area (Å²) in [6.07, 6.45) is 14.7. The van der Waals surface area contributed by atoms with Gasteiger partial charge in [0.25, 0.3) is 0 Å². The van der Waals surface area contributed by atoms with Crippen LogP contribution in [-0.2, 0) is 4.79 Å². The molecule has 190 valence electrons. The van der Waals surface area contributed by atoms with Crippen molar-refractivity contribution in [2.45, 2.75) is 71.3 Å². The predicted molar refractivity (Wildman–Crippen MR) is 146 cm³/mol. The molecule has 36 heavy (non-hydrogen) atoms. The van der Waals surface area contributed by atoms with Crippen LogP contribution in [0, 0.1) is 12.8 Å². The number of anilines is 2. The summed E-state index contributed by atoms with van der Waals surface area (Å²) in [6.45, 7) is 6.58. The van der Waals surface area contributed by atoms with Gasteiger partial charge in [0.1, 0.15) is 11.6 Å². The molecule has 1 aliphatic heterocycles. The largest absolute Gasteiger partial charge is 0.367 e. The minimum absolute atomic E-state index is 0.0831. The molecule has 2 fully saturated rings. The number of hydrogen-bond donors (Lipinski definition) is 2. The number of hydrogen-bond acceptors (Lipinski definition) is 6. The van der Waals surface area contributed by atoms with Gasteiger partial charge in [-0.15, -0.1) is 0 Å². The topological polar surface area (TPSA) is 83.0 Å². The highest BCUT2D eigenvalue weighted by molar-refractivity contribution is 5.95. The lowest BCUT2D eigenvalue weighted by Gasteiger charge is -2.33. The van der Waals surface area contributed by atoms with Gasteiger partial charge in [0.05, 0.1) is 5.69 Å². The molecule has 0 aromatic carbocycles. The van der Waals surface area contributed by atoms with Crippen molar-refractivity contribution in [1.82, 2.24) is 20.3 Å². The highest BCUT2D eigenvalue weighted by atomic mass is 16.1. The lowest BCUT2D eigenvalue weighted by atomic mass is 9.95. The number of aryl methyl sites for hydroxylation is 1. The molecule has 0 radical (unpaired) electrons. The van der Waals surface area contributed by atoms with Gasteiger partial charge in [0, 0.05) is 66.5 Å². The first-order valence-electron chi connectivity index (χ1n) is 13.6. The normalized spacial score (nSPS) is 17.3. The number of carbonyl (C=O) groups is 1. The van der Waals surface area contributed by atoms with Gasteiger partial charge in [0.15, 0.2) is 0 Å². The molecule has 5 rings (SSSR count). The van der Waals surface area contributed by atoms with Crippen molar-refractivity contribution in [2.24, 2.45) is 5.92 Å². The highest BCUT2D eigenvalue weighted by Gasteiger charge is 2.27. The second-order valence-electron chi connectivity index (χ2n) is 10.3. The molecule has 0 bridgehead atoms. The molecule has 3 aromatic rings. The first kappa shape index (κ1) is 24.5. The van der Waals surface area contributed by atoms with E-state index in [-0.39, 0.29) is 11.8 Å². The van der Waals surface area contributed by atoms with E-state index < -0.39 is 0 Å². The van der Waals surface area contributed by atoms with Gasteiger partial charge >= 0.3 is 0 Å². The molecule has 7 heteroatoms. The van der Waals surface area contributed by atoms with Crippen LogP contribution in [0.4, 0.5) is 11.6 Å². The number of nitrogens with zero attached hydrogens (tertiary/aromatic N) is 4. The Morgan fingerprint density at radius 3 is 2.67 bits per heavy atom. The minimum atomic E-state index is 0.0831. The van der Waals surface area contributed by atoms with Crippen LogP contribution in [0.1, 0.15) is 63.9 Å². The van der Waals surface area contributed by atoms with Crippen LogP contribution in [0.3, 0.4) is 0 Å². The average molecular weight is 487 g/mol. The summed E-state index contributed by atoms with van der Waals surface area (Å²) < 4.78 is 0. The first-order chi connectivity index (χ1) is 17.6. The third-order valence-electron chi connectivity index (χ3n) is 7.66. The number of aromatic nitrogens is 3. The monoisotopic (exact) mass is 486 g/mol. The summed E-state index contributed by atoms with van der Waals surface area (Å²) in [7, 11) is 0. The number of rotatable bonds is 7. The van der Waals surface area contributed by atoms with E-state index in [9.17, 15) is 4.79 Å². The molecule has 1 saturated heterocycles. The van der Waals surface area contributed by atoms with Crippen LogP contribution < -0.4 is 15.5 Å². The summed E-state index contributed by atoms with van der Waals surface area (Å²) >= 11 is 0. The average Bonchev–Trinajstić information content (AvgIpc) is 2.93. The SMILES string of the molecule is CCCNC(=O)C1CCN(c2nc(-c3cc(NC4CCCCC4)ncc3C)cc3cnccc23)CC1. The number of nitrogens with one attached hydrogen (secondary N) is 2. The van der Waals surface area contributed by atoms with Crippen LogP contribution >= 0.6 is 0 Å². The van der Waals surface area contributed by atoms with E-state index in [0.717, 1.165) is 78.1 Å². The molecular formula is C29H38N6O. The zero-order valence-electron chi connectivity index (χ0n) is 21.6. The molecule has 2 N–H and O–H groups in total. The van der Waals surface area contributed by atoms with E-state index in [1.807, 2.05) is 18.6 Å². The van der Waals surface area contributed by atoms with Crippen molar-refractivity contribution in [3.8, 4) is 11.3 Å². The van der Waals surface area contributed by atoms with Crippen molar-refractivity contribution in [3.05, 3.63) is 42.4 Å². The quantitative estimate of drug-likeness (QED) is 0.460. The second kappa shape index (κ2) is 11.2. The second-order valence-corrected chi connectivity index (χ2v) is 10.3. The van der Waals surface area contributed by atoms with Gasteiger partial charge in [-0.25, -0.2) is 9.97 Å². The number of piperidine rings is 1. The third kappa shape index (κ3) is 5.45. The van der Waals surface area contributed by atoms with E-state index in [1.54, 1.807) is 0 Å². The molecular weight excluding hydrogens is 448 g/mol. The van der Waals surface area contributed by atoms with E-state index in [4.69, 9.17) is 4.98 Å². The maximum atomic E-state index is 12.5. The number of pyridine rings is 3. The van der Waals surface area contributed by atoms with Gasteiger partial charge in [-0.05, 0) is 62.8 Å². The molecule has 2 aliphatic rings. The molecule has 1 amide bonds. The van der Waals surface area contributed by atoms with Gasteiger partial charge in [0.2, 0.25) is 5.91 Å². The third-order valence-corrected chi connectivity index (χ3v) is 7.66. The van der Waals surface area contributed by atoms with Crippen molar-refractivity contribution >= 4 is 28.3 Å². The van der Waals surface area contributed by atoms with Crippen LogP contribution in [-0.4, -0.2) is 46.5 Å². The Morgan fingerprint density at radius 1 is 1.08 bits per heavy atom. The maximum absolute atomic E-state index is 12.5. The number of carbonyl (C=O) groups excluding carboxylic acids is 1. The molecule has 3 aromatic heterocycles. The van der Waals surface area contributed by atoms with E-state index in [0.29, 0.717) is 6.04 Å². The Hall–Kier alpha value is -3.22. The molecule has 4 heterocycles. The molecule has 0 unspecified atom stereocenters. The Bertz CT molecular complexity index is 1200. The number of fused-ring (bicyclic) bond motifs is 1. The molecule has 0 atom stereocenters. The first-order valence-corrected chi connectivity index (χ1v) is 13.6. The van der Waals surface area contributed by atoms with E-state index >= 15 is 0 Å². The van der Waals surface area contributed by atoms with Gasteiger partial charge in [-0.1, -0.05) is 26.2 Å². The Balaban J connectivity index is 1.42. The van der Waals surface area contributed by atoms with Crippen molar-refractivity contribution in [1.29, 1.82) is 0 Å². The summed E-state index contributed by atoms with van der Waals surface area (Å²) in [5.74, 6) is 2.18. The van der Waals surface area contributed by atoms with Gasteiger partial charge < -0.3 is 15.5 Å². The van der Waals surface area contributed by atoms with Gasteiger partial charge in [-0.2, -0.15) is 0 Å². The summed E-state index contributed by atoms with van der Waals surface area (Å²) in [5, 5.41) is 8.92. The predicted octanol–water partition coefficient (Wildman–Crippen LogP) is 5.49. The van der Waals surface area contributed by atoms with E-state index in [2.05, 4.69) is 57.5 Å². The Morgan fingerprint density at radius 2 is 1.89 bits per heavy atom. The minimum Gasteiger partial charge on any atom is -0.367 e. The lowest BCUT2D eigenvalue weighted by molar-refractivity contribution is -0.125. The molecule has 7 nitrogen and oxygen atoms in total. The lowest BCUT2D eigenvalue weighted by Crippen LogP contribution is -2.41. The van der Waals surface area contributed by atoms with Crippen LogP contribution in [0.2, 0.25) is 0 Å². The van der Waals surface area contributed by atoms with Crippen LogP contribution in [0.25, 0.3) is 22.0 Å². The standard InChI is InChI=1S/C29H38N6O/c1-3-12-31-29(36)21-10-14-35(15-11-21)28-24-9-13-30-19-22(24)16-26(34-28)25-17-27(32-18-20(25)2)33-23-7-5-4-6-8-23/h9,13,16-19,21,23H,3-8,10-12,14-15H2,1-2H3,(H,31,36)(H,32,33). The molecule has 0 spiro atoms. The van der Waals surface area contributed by atoms with Crippen molar-refractivity contribution in [3.63, 3.8) is 0 Å². The fourth-order valence-corrected chi connectivity index (χ4v) is 5.54. The zero-order valence-corrected chi connectivity index (χ0v) is 21.6. The highest BCUT2D eigenvalue weighted by Crippen LogP contribution is 2.34. The van der Waals surface area contributed by atoms with Crippen molar-refractivity contribution in [2.75, 3.05) is 29.9 Å². The summed E-state index contributed by atoms with van der Waals surface area (Å²) in [5.41, 5.74) is 3.15. The fourth-order valence-electron chi connectivity index (χ4n) is 5.54. The van der Waals surface area contributed by atoms with E-state index in [1.165, 1.54) is 32.1 Å². The summed E-state index contributed by atoms with van der Waals surface area (Å²) in [4.78, 5) is 29.1. The zero-order chi connectivity index (χ0) is 24.9. The van der Waals surface area contributed by atoms with Gasteiger partial charge in [-0.3, -0.25) is 9.78 Å². The Labute approximate surface area is 214 Å². The van der Waals surface area contributed by atoms with Crippen molar-refractivity contribution < 1.29 is 4.79 Å². The molecule has 1 aliphatic carbocycles. The fraction of sp³-hybridized carbons (Fsp3) is 0.517. The number of amides is 1. The smallest absolute Gasteiger partial charge is 0.223 e. The Kier molecular flexibility index (Phi) is 7.63.